The van der Waals surface area contributed by atoms with E-state index in [-0.39, 0.29) is 0 Å². The lowest BCUT2D eigenvalue weighted by Gasteiger charge is -2.10. The molecule has 2 N–H and O–H groups in total. The Morgan fingerprint density at radius 2 is 1.93 bits per heavy atom. The summed E-state index contributed by atoms with van der Waals surface area (Å²) in [5.41, 5.74) is 10.4. The highest BCUT2D eigenvalue weighted by Crippen LogP contribution is 2.20. The minimum absolute atomic E-state index is 0.543. The van der Waals surface area contributed by atoms with Crippen LogP contribution in [0.2, 0.25) is 0 Å². The third-order valence-electron chi connectivity index (χ3n) is 2.69. The first-order valence-corrected chi connectivity index (χ1v) is 4.97. The second-order valence-corrected chi connectivity index (χ2v) is 3.83. The second kappa shape index (κ2) is 3.42. The summed E-state index contributed by atoms with van der Waals surface area (Å²) in [6.45, 7) is 6.14. The molecular weight excluding hydrogens is 186 g/mol. The molecule has 0 saturated heterocycles. The topological polar surface area (TPSA) is 43.8 Å². The molecule has 0 unspecified atom stereocenters. The van der Waals surface area contributed by atoms with Crippen LogP contribution in [0.5, 0.6) is 0 Å². The predicted molar refractivity (Wildman–Crippen MR) is 62.2 cm³/mol. The van der Waals surface area contributed by atoms with Gasteiger partial charge in [0.2, 0.25) is 5.95 Å². The van der Waals surface area contributed by atoms with E-state index in [1.807, 2.05) is 23.8 Å². The number of rotatable bonds is 1. The molecule has 0 aliphatic heterocycles. The van der Waals surface area contributed by atoms with E-state index in [4.69, 9.17) is 5.73 Å². The number of nitrogens with two attached hydrogens (primary N) is 1. The molecule has 1 aromatic carbocycles. The van der Waals surface area contributed by atoms with Crippen LogP contribution in [0.25, 0.3) is 5.69 Å². The largest absolute Gasteiger partial charge is 0.369 e. The fraction of sp³-hybridized carbons (Fsp3) is 0.250. The Bertz CT molecular complexity index is 498. The molecular formula is C12H15N3. The number of imidazole rings is 1. The average molecular weight is 201 g/mol. The zero-order chi connectivity index (χ0) is 11.0. The van der Waals surface area contributed by atoms with Gasteiger partial charge in [-0.05, 0) is 38.0 Å². The van der Waals surface area contributed by atoms with Gasteiger partial charge in [0.05, 0.1) is 11.4 Å². The first kappa shape index (κ1) is 9.77. The van der Waals surface area contributed by atoms with Crippen LogP contribution in [0.15, 0.2) is 24.4 Å². The number of nitrogens with zero attached hydrogens (tertiary/aromatic N) is 2. The number of anilines is 1. The third kappa shape index (κ3) is 1.61. The fourth-order valence-corrected chi connectivity index (χ4v) is 1.71. The molecule has 0 amide bonds. The molecule has 3 heteroatoms. The van der Waals surface area contributed by atoms with Gasteiger partial charge in [-0.15, -0.1) is 0 Å². The van der Waals surface area contributed by atoms with Crippen molar-refractivity contribution in [3.63, 3.8) is 0 Å². The Kier molecular flexibility index (Phi) is 2.23. The monoisotopic (exact) mass is 201 g/mol. The molecule has 0 aliphatic rings. The Balaban J connectivity index is 2.64. The van der Waals surface area contributed by atoms with Crippen LogP contribution in [-0.2, 0) is 0 Å². The summed E-state index contributed by atoms with van der Waals surface area (Å²) in [5, 5.41) is 0. The van der Waals surface area contributed by atoms with Gasteiger partial charge < -0.3 is 5.73 Å². The van der Waals surface area contributed by atoms with Crippen molar-refractivity contribution in [2.75, 3.05) is 5.73 Å². The highest BCUT2D eigenvalue weighted by Gasteiger charge is 2.07. The smallest absolute Gasteiger partial charge is 0.205 e. The lowest BCUT2D eigenvalue weighted by atomic mass is 10.1. The molecule has 0 fully saturated rings. The normalized spacial score (nSPS) is 10.6. The second-order valence-electron chi connectivity index (χ2n) is 3.83. The minimum Gasteiger partial charge on any atom is -0.369 e. The number of hydrogen-bond acceptors (Lipinski definition) is 2. The Hall–Kier alpha value is -1.77. The van der Waals surface area contributed by atoms with E-state index in [1.165, 1.54) is 11.1 Å². The summed E-state index contributed by atoms with van der Waals surface area (Å²) in [6.07, 6.45) is 1.96. The Morgan fingerprint density at radius 1 is 1.20 bits per heavy atom. The van der Waals surface area contributed by atoms with Gasteiger partial charge in [-0.25, -0.2) is 4.98 Å². The summed E-state index contributed by atoms with van der Waals surface area (Å²) in [7, 11) is 0. The van der Waals surface area contributed by atoms with Crippen molar-refractivity contribution in [2.24, 2.45) is 0 Å². The predicted octanol–water partition coefficient (Wildman–Crippen LogP) is 2.38. The van der Waals surface area contributed by atoms with Gasteiger partial charge in [0.15, 0.2) is 0 Å². The van der Waals surface area contributed by atoms with E-state index in [1.54, 1.807) is 0 Å². The van der Waals surface area contributed by atoms with Gasteiger partial charge in [-0.3, -0.25) is 4.57 Å². The lowest BCUT2D eigenvalue weighted by Crippen LogP contribution is -2.02. The zero-order valence-corrected chi connectivity index (χ0v) is 9.28. The molecule has 2 aromatic rings. The highest BCUT2D eigenvalue weighted by atomic mass is 15.1. The van der Waals surface area contributed by atoms with Crippen LogP contribution < -0.4 is 5.73 Å². The van der Waals surface area contributed by atoms with Crippen molar-refractivity contribution >= 4 is 5.95 Å². The molecule has 0 bridgehead atoms. The minimum atomic E-state index is 0.543. The van der Waals surface area contributed by atoms with Crippen LogP contribution in [0, 0.1) is 20.8 Å². The van der Waals surface area contributed by atoms with E-state index in [9.17, 15) is 0 Å². The number of hydrogen-bond donors (Lipinski definition) is 1. The van der Waals surface area contributed by atoms with Crippen LogP contribution in [0.1, 0.15) is 16.8 Å². The van der Waals surface area contributed by atoms with E-state index in [0.717, 1.165) is 11.4 Å². The van der Waals surface area contributed by atoms with Crippen molar-refractivity contribution in [1.82, 2.24) is 9.55 Å². The maximum absolute atomic E-state index is 5.84. The van der Waals surface area contributed by atoms with E-state index >= 15 is 0 Å². The highest BCUT2D eigenvalue weighted by molar-refractivity contribution is 5.48. The zero-order valence-electron chi connectivity index (χ0n) is 9.28. The maximum Gasteiger partial charge on any atom is 0.205 e. The molecule has 3 nitrogen and oxygen atoms in total. The number of aromatic nitrogens is 2. The number of aryl methyl sites for hydroxylation is 2. The molecule has 0 aliphatic carbocycles. The van der Waals surface area contributed by atoms with E-state index < -0.39 is 0 Å². The van der Waals surface area contributed by atoms with Crippen LogP contribution in [-0.4, -0.2) is 9.55 Å². The molecule has 0 saturated carbocycles. The van der Waals surface area contributed by atoms with Gasteiger partial charge in [-0.2, -0.15) is 0 Å². The number of nitrogen functional groups attached to an aromatic ring is 1. The summed E-state index contributed by atoms with van der Waals surface area (Å²) in [6, 6.07) is 6.19. The molecule has 0 radical (unpaired) electrons. The van der Waals surface area contributed by atoms with Crippen molar-refractivity contribution < 1.29 is 0 Å². The molecule has 1 aromatic heterocycles. The molecule has 2 rings (SSSR count). The first-order chi connectivity index (χ1) is 7.09. The van der Waals surface area contributed by atoms with Crippen LogP contribution in [0.3, 0.4) is 0 Å². The Morgan fingerprint density at radius 3 is 2.53 bits per heavy atom. The van der Waals surface area contributed by atoms with Gasteiger partial charge in [0.25, 0.3) is 0 Å². The van der Waals surface area contributed by atoms with Crippen molar-refractivity contribution in [1.29, 1.82) is 0 Å². The summed E-state index contributed by atoms with van der Waals surface area (Å²) >= 11 is 0. The van der Waals surface area contributed by atoms with Gasteiger partial charge in [-0.1, -0.05) is 12.1 Å². The lowest BCUT2D eigenvalue weighted by molar-refractivity contribution is 1.05. The van der Waals surface area contributed by atoms with E-state index in [2.05, 4.69) is 31.0 Å². The van der Waals surface area contributed by atoms with Gasteiger partial charge >= 0.3 is 0 Å². The van der Waals surface area contributed by atoms with Crippen LogP contribution >= 0.6 is 0 Å². The van der Waals surface area contributed by atoms with Gasteiger partial charge in [0.1, 0.15) is 0 Å². The molecule has 1 heterocycles. The SMILES string of the molecule is Cc1cn(-c2cccc(C)c2C)c(N)n1. The molecule has 78 valence electrons. The van der Waals surface area contributed by atoms with Crippen molar-refractivity contribution in [2.45, 2.75) is 20.8 Å². The first-order valence-electron chi connectivity index (χ1n) is 4.97. The van der Waals surface area contributed by atoms with Gasteiger partial charge in [0, 0.05) is 6.20 Å². The fourth-order valence-electron chi connectivity index (χ4n) is 1.71. The maximum atomic E-state index is 5.84. The summed E-state index contributed by atoms with van der Waals surface area (Å²) in [4.78, 5) is 4.20. The standard InChI is InChI=1S/C12H15N3/c1-8-5-4-6-11(10(8)3)15-7-9(2)14-12(15)13/h4-7H,1-3H3,(H2,13,14). The quantitative estimate of drug-likeness (QED) is 0.769. The summed E-state index contributed by atoms with van der Waals surface area (Å²) in [5.74, 6) is 0.543. The third-order valence-corrected chi connectivity index (χ3v) is 2.69. The molecule has 15 heavy (non-hydrogen) atoms. The molecule has 0 spiro atoms. The van der Waals surface area contributed by atoms with Crippen molar-refractivity contribution in [3.05, 3.63) is 41.2 Å². The summed E-state index contributed by atoms with van der Waals surface area (Å²) < 4.78 is 1.93. The Labute approximate surface area is 89.6 Å². The average Bonchev–Trinajstić information content (AvgIpc) is 2.50. The van der Waals surface area contributed by atoms with E-state index in [0.29, 0.717) is 5.95 Å². The number of benzene rings is 1. The molecule has 0 atom stereocenters. The van der Waals surface area contributed by atoms with Crippen LogP contribution in [0.4, 0.5) is 5.95 Å². The van der Waals surface area contributed by atoms with Crippen molar-refractivity contribution in [3.8, 4) is 5.69 Å².